The summed E-state index contributed by atoms with van der Waals surface area (Å²) in [6.45, 7) is 1.23. The predicted molar refractivity (Wildman–Crippen MR) is 189 cm³/mol. The van der Waals surface area contributed by atoms with E-state index in [9.17, 15) is 9.46 Å². The normalized spacial score (nSPS) is 35.4. The molecule has 3 aliphatic heterocycles. The number of alkyl halides is 1. The molecule has 0 saturated carbocycles. The molecule has 7 heterocycles. The van der Waals surface area contributed by atoms with Crippen LogP contribution in [0.5, 0.6) is 0 Å². The first-order chi connectivity index (χ1) is 23.9. The van der Waals surface area contributed by atoms with Crippen molar-refractivity contribution >= 4 is 79.6 Å². The Hall–Kier alpha value is -2.24. The molecule has 7 rings (SSSR count). The van der Waals surface area contributed by atoms with Crippen molar-refractivity contribution in [2.45, 2.75) is 88.2 Å². The Balaban J connectivity index is 1.25. The first-order valence-electron chi connectivity index (χ1n) is 15.6. The van der Waals surface area contributed by atoms with E-state index >= 15 is 4.39 Å². The van der Waals surface area contributed by atoms with Gasteiger partial charge in [-0.1, -0.05) is 33.0 Å². The van der Waals surface area contributed by atoms with E-state index in [0.717, 1.165) is 0 Å². The number of hydrogen-bond acceptors (Lipinski definition) is 17. The van der Waals surface area contributed by atoms with Crippen molar-refractivity contribution in [3.05, 3.63) is 25.3 Å². The summed E-state index contributed by atoms with van der Waals surface area (Å²) in [7, 11) is -2.65. The van der Waals surface area contributed by atoms with E-state index in [1.165, 1.54) is 34.4 Å². The Morgan fingerprint density at radius 2 is 1.57 bits per heavy atom. The quantitative estimate of drug-likeness (QED) is 0.131. The van der Waals surface area contributed by atoms with Gasteiger partial charge in [-0.15, -0.1) is 0 Å². The molecule has 3 saturated heterocycles. The van der Waals surface area contributed by atoms with Gasteiger partial charge in [-0.3, -0.25) is 18.2 Å². The number of imidazole rings is 2. The molecule has 4 aromatic rings. The Bertz CT molecular complexity index is 2060. The van der Waals surface area contributed by atoms with Crippen molar-refractivity contribution in [2.24, 2.45) is 0 Å². The molecule has 0 spiro atoms. The molecule has 4 aromatic heterocycles. The lowest BCUT2D eigenvalue weighted by Crippen LogP contribution is -2.50. The number of anilines is 2. The molecule has 10 atom stereocenters. The van der Waals surface area contributed by atoms with Crippen LogP contribution in [0.4, 0.5) is 16.0 Å². The van der Waals surface area contributed by atoms with Crippen LogP contribution in [0.1, 0.15) is 33.2 Å². The van der Waals surface area contributed by atoms with Crippen molar-refractivity contribution in [1.29, 1.82) is 0 Å². The largest absolute Gasteiger partial charge is 0.406 e. The molecule has 0 aromatic carbocycles. The number of rotatable bonds is 4. The average Bonchev–Trinajstić information content (AvgIpc) is 3.80. The van der Waals surface area contributed by atoms with E-state index in [1.807, 2.05) is 33.9 Å². The molecule has 25 heteroatoms. The van der Waals surface area contributed by atoms with Crippen molar-refractivity contribution in [2.75, 3.05) is 24.4 Å². The molecule has 2 unspecified atom stereocenters. The van der Waals surface area contributed by atoms with Gasteiger partial charge in [0.2, 0.25) is 0 Å². The summed E-state index contributed by atoms with van der Waals surface area (Å²) < 4.78 is 76.3. The second-order valence-electron chi connectivity index (χ2n) is 13.8. The van der Waals surface area contributed by atoms with Crippen LogP contribution in [0.25, 0.3) is 22.3 Å². The van der Waals surface area contributed by atoms with E-state index in [1.54, 1.807) is 0 Å². The SMILES string of the molecule is CC(C)(C)[Si](C)(C)O[C@@H]1[C@H]2OCP(=O)(S)O[C@H]3[C@@H](F)[C@H](n4cnc5c(N)ncnc54)O[C@@H]3COP(O)(=S)O[C@H]1[C@H](n1cnc3c(N)ncnc31)O2. The van der Waals surface area contributed by atoms with Gasteiger partial charge in [0, 0.05) is 0 Å². The monoisotopic (exact) mass is 806 g/mol. The molecule has 2 bridgehead atoms. The van der Waals surface area contributed by atoms with Gasteiger partial charge in [-0.25, -0.2) is 34.3 Å². The van der Waals surface area contributed by atoms with Crippen LogP contribution in [0.15, 0.2) is 25.3 Å². The van der Waals surface area contributed by atoms with E-state index in [2.05, 4.69) is 42.2 Å². The predicted octanol–water partition coefficient (Wildman–Crippen LogP) is 3.43. The number of aromatic nitrogens is 8. The van der Waals surface area contributed by atoms with Gasteiger partial charge in [0.1, 0.15) is 54.5 Å². The van der Waals surface area contributed by atoms with Crippen molar-refractivity contribution < 1.29 is 46.1 Å². The Morgan fingerprint density at radius 3 is 2.16 bits per heavy atom. The lowest BCUT2D eigenvalue weighted by Gasteiger charge is -2.40. The number of halogens is 1. The number of thiol groups is 1. The van der Waals surface area contributed by atoms with Crippen molar-refractivity contribution in [3.8, 4) is 0 Å². The number of hydrogen-bond donors (Lipinski definition) is 4. The smallest absolute Gasteiger partial charge is 0.325 e. The topological polar surface area (TPSA) is 241 Å². The highest BCUT2D eigenvalue weighted by atomic mass is 32.7. The van der Waals surface area contributed by atoms with Crippen LogP contribution < -0.4 is 11.5 Å². The van der Waals surface area contributed by atoms with Gasteiger partial charge in [0.05, 0.1) is 19.3 Å². The second kappa shape index (κ2) is 13.3. The number of nitrogen functional groups attached to an aromatic ring is 2. The molecule has 0 radical (unpaired) electrons. The lowest BCUT2D eigenvalue weighted by molar-refractivity contribution is -0.164. The van der Waals surface area contributed by atoms with Crippen molar-refractivity contribution in [3.63, 3.8) is 0 Å². The maximum Gasteiger partial charge on any atom is 0.325 e. The van der Waals surface area contributed by atoms with E-state index in [4.69, 9.17) is 55.5 Å². The minimum absolute atomic E-state index is 0.0787. The zero-order chi connectivity index (χ0) is 36.7. The van der Waals surface area contributed by atoms with E-state index < -0.39 is 83.9 Å². The maximum absolute atomic E-state index is 16.3. The molecule has 3 aliphatic rings. The molecule has 5 N–H and O–H groups in total. The van der Waals surface area contributed by atoms with Crippen molar-refractivity contribution in [1.82, 2.24) is 39.0 Å². The molecule has 3 fully saturated rings. The highest BCUT2D eigenvalue weighted by Gasteiger charge is 2.56. The van der Waals surface area contributed by atoms with E-state index in [0.29, 0.717) is 0 Å². The molecule has 0 aliphatic carbocycles. The van der Waals surface area contributed by atoms with Gasteiger partial charge in [-0.05, 0) is 29.9 Å². The van der Waals surface area contributed by atoms with Gasteiger partial charge >= 0.3 is 6.72 Å². The number of nitrogens with two attached hydrogens (primary N) is 2. The Morgan fingerprint density at radius 1 is 0.980 bits per heavy atom. The van der Waals surface area contributed by atoms with Crippen LogP contribution in [0, 0.1) is 0 Å². The van der Waals surface area contributed by atoms with Crippen LogP contribution in [0.2, 0.25) is 18.1 Å². The number of nitrogens with zero attached hydrogens (tertiary/aromatic N) is 8. The first-order valence-corrected chi connectivity index (χ1v) is 24.1. The zero-order valence-electron chi connectivity index (χ0n) is 27.9. The number of fused-ring (bicyclic) bond motifs is 5. The Kier molecular flexibility index (Phi) is 9.64. The highest BCUT2D eigenvalue weighted by Crippen LogP contribution is 2.58. The third-order valence-electron chi connectivity index (χ3n) is 9.32. The van der Waals surface area contributed by atoms with E-state index in [-0.39, 0.29) is 39.0 Å². The van der Waals surface area contributed by atoms with Gasteiger partial charge in [-0.2, -0.15) is 0 Å². The summed E-state index contributed by atoms with van der Waals surface area (Å²) in [6.07, 6.45) is -6.38. The summed E-state index contributed by atoms with van der Waals surface area (Å²) >= 11 is 9.81. The van der Waals surface area contributed by atoms with Gasteiger partial charge in [0.15, 0.2) is 56.2 Å². The minimum atomic E-state index is -4.24. The van der Waals surface area contributed by atoms with Crippen LogP contribution in [-0.2, 0) is 48.6 Å². The summed E-state index contributed by atoms with van der Waals surface area (Å²) in [5, 5.41) is -0.301. The third kappa shape index (κ3) is 6.97. The highest BCUT2D eigenvalue weighted by molar-refractivity contribution is 8.46. The fourth-order valence-corrected chi connectivity index (χ4v) is 9.99. The minimum Gasteiger partial charge on any atom is -0.406 e. The van der Waals surface area contributed by atoms with Gasteiger partial charge in [0.25, 0.3) is 6.57 Å². The molecular weight excluding hydrogens is 770 g/mol. The van der Waals surface area contributed by atoms with Crippen LogP contribution in [0.3, 0.4) is 0 Å². The van der Waals surface area contributed by atoms with Gasteiger partial charge < -0.3 is 44.0 Å². The molecular formula is C26H37FN10O9P2S2Si. The zero-order valence-corrected chi connectivity index (χ0v) is 32.4. The third-order valence-corrected chi connectivity index (χ3v) is 17.0. The summed E-state index contributed by atoms with van der Waals surface area (Å²) in [6, 6.07) is 0. The lowest BCUT2D eigenvalue weighted by atomic mass is 10.1. The van der Waals surface area contributed by atoms with Crippen LogP contribution in [-0.4, -0.2) is 102 Å². The summed E-state index contributed by atoms with van der Waals surface area (Å²) in [4.78, 5) is 36.5. The fraction of sp³-hybridized carbons (Fsp3) is 0.615. The standard InChI is InChI=1S/C26H37FN10O9P2S2Si/c1-26(2,3)51(4,5)46-18-17-24(37-10-35-15-20(29)31-8-33-22(15)37)43-25(18)40-11-47(38,49)44-16-12(6-41-48(39,50)45-17)42-23(13(16)27)36-9-34-14-19(28)30-7-32-21(14)36/h7-10,12-13,16-18,23-25H,6,11H2,1-5H3,(H,38,49)(H,39,50)(H2,28,30,32)(H2,29,31,33)/t12-,13-,16-,17-,18+,23-,24-,25+,47?,48?/m1/s1. The molecule has 278 valence electrons. The number of ether oxygens (including phenoxy) is 3. The molecule has 0 amide bonds. The molecule has 51 heavy (non-hydrogen) atoms. The second-order valence-corrected chi connectivity index (χ2v) is 24.9. The Labute approximate surface area is 301 Å². The first kappa shape index (κ1) is 37.1. The summed E-state index contributed by atoms with van der Waals surface area (Å²) in [5.41, 5.74) is 12.9. The fourth-order valence-electron chi connectivity index (χ4n) is 5.75. The molecule has 19 nitrogen and oxygen atoms in total. The average molecular weight is 807 g/mol. The maximum atomic E-state index is 16.3. The summed E-state index contributed by atoms with van der Waals surface area (Å²) in [5.74, 6) is 0.201. The van der Waals surface area contributed by atoms with Crippen LogP contribution >= 0.6 is 25.5 Å².